The van der Waals surface area contributed by atoms with E-state index >= 15 is 0 Å². The Bertz CT molecular complexity index is 931. The van der Waals surface area contributed by atoms with Gasteiger partial charge in [0.05, 0.1) is 18.3 Å². The van der Waals surface area contributed by atoms with Crippen molar-refractivity contribution in [1.82, 2.24) is 0 Å². The molecule has 0 radical (unpaired) electrons. The summed E-state index contributed by atoms with van der Waals surface area (Å²) in [6.45, 7) is 1.22. The number of ketones is 3. The molecule has 0 bridgehead atoms. The van der Waals surface area contributed by atoms with Gasteiger partial charge in [-0.1, -0.05) is 6.08 Å². The van der Waals surface area contributed by atoms with E-state index < -0.39 is 30.1 Å². The zero-order valence-electron chi connectivity index (χ0n) is 17.2. The SMILES string of the molecule is COC1CC(=C2Oc3cc(OC(C)OC(CO)CCO)ccc3C(=O)C2=O)C=CC1=O. The van der Waals surface area contributed by atoms with E-state index in [4.69, 9.17) is 24.1 Å². The van der Waals surface area contributed by atoms with Crippen molar-refractivity contribution in [2.75, 3.05) is 20.3 Å². The summed E-state index contributed by atoms with van der Waals surface area (Å²) < 4.78 is 22.0. The highest BCUT2D eigenvalue weighted by atomic mass is 16.7. The quantitative estimate of drug-likeness (QED) is 0.353. The molecule has 3 rings (SSSR count). The molecule has 1 heterocycles. The first-order valence-corrected chi connectivity index (χ1v) is 9.80. The summed E-state index contributed by atoms with van der Waals surface area (Å²) in [7, 11) is 1.39. The fourth-order valence-electron chi connectivity index (χ4n) is 3.30. The molecule has 0 aromatic heterocycles. The number of hydrogen-bond donors (Lipinski definition) is 2. The third-order valence-electron chi connectivity index (χ3n) is 4.91. The van der Waals surface area contributed by atoms with E-state index in [1.807, 2.05) is 0 Å². The first kappa shape index (κ1) is 22.8. The minimum Gasteiger partial charge on any atom is -0.465 e. The van der Waals surface area contributed by atoms with Gasteiger partial charge in [0.2, 0.25) is 5.78 Å². The van der Waals surface area contributed by atoms with E-state index in [9.17, 15) is 19.5 Å². The topological polar surface area (TPSA) is 129 Å². The third kappa shape index (κ3) is 5.08. The van der Waals surface area contributed by atoms with Crippen molar-refractivity contribution in [2.24, 2.45) is 0 Å². The lowest BCUT2D eigenvalue weighted by atomic mass is 9.93. The van der Waals surface area contributed by atoms with Gasteiger partial charge >= 0.3 is 0 Å². The second-order valence-corrected chi connectivity index (χ2v) is 7.08. The summed E-state index contributed by atoms with van der Waals surface area (Å²) >= 11 is 0. The molecule has 1 aliphatic carbocycles. The highest BCUT2D eigenvalue weighted by Gasteiger charge is 2.35. The average Bonchev–Trinajstić information content (AvgIpc) is 2.76. The Hall–Kier alpha value is -2.85. The smallest absolute Gasteiger partial charge is 0.269 e. The lowest BCUT2D eigenvalue weighted by molar-refractivity contribution is -0.125. The van der Waals surface area contributed by atoms with Gasteiger partial charge in [0.25, 0.3) is 5.78 Å². The maximum Gasteiger partial charge on any atom is 0.269 e. The molecule has 9 heteroatoms. The van der Waals surface area contributed by atoms with Crippen LogP contribution in [0.4, 0.5) is 0 Å². The van der Waals surface area contributed by atoms with Gasteiger partial charge < -0.3 is 29.2 Å². The zero-order chi connectivity index (χ0) is 22.5. The molecule has 3 unspecified atom stereocenters. The number of carbonyl (C=O) groups is 3. The number of hydrogen-bond acceptors (Lipinski definition) is 9. The fourth-order valence-corrected chi connectivity index (χ4v) is 3.30. The molecule has 2 aliphatic rings. The van der Waals surface area contributed by atoms with Gasteiger partial charge in [-0.2, -0.15) is 0 Å². The number of fused-ring (bicyclic) bond motifs is 1. The summed E-state index contributed by atoms with van der Waals surface area (Å²) in [5, 5.41) is 18.3. The number of rotatable bonds is 8. The van der Waals surface area contributed by atoms with Crippen LogP contribution in [0, 0.1) is 0 Å². The molecular weight excluding hydrogens is 408 g/mol. The molecule has 1 aromatic rings. The molecule has 1 aliphatic heterocycles. The normalized spacial score (nSPS) is 22.7. The van der Waals surface area contributed by atoms with Crippen LogP contribution in [0.1, 0.15) is 30.1 Å². The maximum absolute atomic E-state index is 12.6. The number of carbonyl (C=O) groups excluding carboxylic acids is 3. The van der Waals surface area contributed by atoms with Crippen LogP contribution in [-0.4, -0.2) is 66.4 Å². The Kier molecular flexibility index (Phi) is 7.34. The highest BCUT2D eigenvalue weighted by molar-refractivity contribution is 6.50. The predicted molar refractivity (Wildman–Crippen MR) is 107 cm³/mol. The van der Waals surface area contributed by atoms with E-state index in [-0.39, 0.29) is 48.9 Å². The van der Waals surface area contributed by atoms with Crippen molar-refractivity contribution in [3.8, 4) is 11.5 Å². The van der Waals surface area contributed by atoms with E-state index in [2.05, 4.69) is 0 Å². The molecule has 31 heavy (non-hydrogen) atoms. The van der Waals surface area contributed by atoms with Gasteiger partial charge in [0.1, 0.15) is 17.6 Å². The summed E-state index contributed by atoms with van der Waals surface area (Å²) in [5.74, 6) is -1.42. The molecule has 3 atom stereocenters. The number of benzene rings is 1. The van der Waals surface area contributed by atoms with Crippen LogP contribution in [0.2, 0.25) is 0 Å². The minimum atomic E-state index is -0.795. The van der Waals surface area contributed by atoms with Crippen molar-refractivity contribution in [1.29, 1.82) is 0 Å². The van der Waals surface area contributed by atoms with Crippen molar-refractivity contribution < 1.29 is 43.5 Å². The molecule has 0 saturated heterocycles. The average molecular weight is 432 g/mol. The predicted octanol–water partition coefficient (Wildman–Crippen LogP) is 1.11. The number of methoxy groups -OCH3 is 1. The monoisotopic (exact) mass is 432 g/mol. The first-order chi connectivity index (χ1) is 14.9. The Labute approximate surface area is 178 Å². The van der Waals surface area contributed by atoms with Crippen LogP contribution in [0.15, 0.2) is 41.7 Å². The number of aliphatic hydroxyl groups is 2. The van der Waals surface area contributed by atoms with Crippen LogP contribution in [0.3, 0.4) is 0 Å². The van der Waals surface area contributed by atoms with Gasteiger partial charge in [-0.3, -0.25) is 14.4 Å². The van der Waals surface area contributed by atoms with E-state index in [1.54, 1.807) is 6.92 Å². The third-order valence-corrected chi connectivity index (χ3v) is 4.91. The molecule has 1 aromatic carbocycles. The largest absolute Gasteiger partial charge is 0.465 e. The van der Waals surface area contributed by atoms with Crippen LogP contribution in [0.25, 0.3) is 0 Å². The molecule has 166 valence electrons. The molecule has 9 nitrogen and oxygen atoms in total. The number of aliphatic hydroxyl groups excluding tert-OH is 2. The number of ether oxygens (including phenoxy) is 4. The second-order valence-electron chi connectivity index (χ2n) is 7.08. The van der Waals surface area contributed by atoms with Crippen LogP contribution < -0.4 is 9.47 Å². The van der Waals surface area contributed by atoms with Crippen molar-refractivity contribution in [2.45, 2.75) is 38.3 Å². The van der Waals surface area contributed by atoms with Crippen LogP contribution in [-0.2, 0) is 19.1 Å². The van der Waals surface area contributed by atoms with Crippen molar-refractivity contribution >= 4 is 17.3 Å². The van der Waals surface area contributed by atoms with Gasteiger partial charge in [0, 0.05) is 31.8 Å². The van der Waals surface area contributed by atoms with Gasteiger partial charge in [-0.25, -0.2) is 0 Å². The molecule has 0 spiro atoms. The molecule has 2 N–H and O–H groups in total. The second kappa shape index (κ2) is 9.97. The summed E-state index contributed by atoms with van der Waals surface area (Å²) in [6, 6.07) is 4.39. The Balaban J connectivity index is 1.83. The van der Waals surface area contributed by atoms with E-state index in [0.29, 0.717) is 11.3 Å². The number of Topliss-reactive ketones (excluding diaryl/α,β-unsaturated/α-hetero) is 2. The molecular formula is C22H24O9. The van der Waals surface area contributed by atoms with E-state index in [1.165, 1.54) is 37.5 Å². The molecule has 0 fully saturated rings. The summed E-state index contributed by atoms with van der Waals surface area (Å²) in [6.07, 6.45) is 1.03. The van der Waals surface area contributed by atoms with Crippen LogP contribution in [0.5, 0.6) is 11.5 Å². The summed E-state index contributed by atoms with van der Waals surface area (Å²) in [4.78, 5) is 36.9. The molecule has 0 saturated carbocycles. The van der Waals surface area contributed by atoms with Gasteiger partial charge in [-0.15, -0.1) is 0 Å². The Morgan fingerprint density at radius 2 is 1.94 bits per heavy atom. The lowest BCUT2D eigenvalue weighted by Gasteiger charge is -2.24. The standard InChI is InChI=1S/C22H24O9/c1-12(30-15(11-24)7-8-23)29-14-4-5-16-18(10-14)31-22(21(27)20(16)26)13-3-6-17(25)19(9-13)28-2/h3-6,10,12,15,19,23-24H,7-9,11H2,1-2H3. The maximum atomic E-state index is 12.6. The Morgan fingerprint density at radius 3 is 2.61 bits per heavy atom. The highest BCUT2D eigenvalue weighted by Crippen LogP contribution is 2.34. The molecule has 0 amide bonds. The lowest BCUT2D eigenvalue weighted by Crippen LogP contribution is -2.31. The zero-order valence-corrected chi connectivity index (χ0v) is 17.2. The summed E-state index contributed by atoms with van der Waals surface area (Å²) in [5.41, 5.74) is 0.496. The minimum absolute atomic E-state index is 0.0999. The number of allylic oxidation sites excluding steroid dienone is 2. The van der Waals surface area contributed by atoms with Crippen molar-refractivity contribution in [3.05, 3.63) is 47.2 Å². The van der Waals surface area contributed by atoms with Gasteiger partial charge in [0.15, 0.2) is 17.8 Å². The fraction of sp³-hybridized carbons (Fsp3) is 0.409. The van der Waals surface area contributed by atoms with Crippen LogP contribution >= 0.6 is 0 Å². The van der Waals surface area contributed by atoms with Crippen molar-refractivity contribution in [3.63, 3.8) is 0 Å². The van der Waals surface area contributed by atoms with Gasteiger partial charge in [-0.05, 0) is 31.6 Å². The Morgan fingerprint density at radius 1 is 1.16 bits per heavy atom. The first-order valence-electron chi connectivity index (χ1n) is 9.80. The van der Waals surface area contributed by atoms with E-state index in [0.717, 1.165) is 0 Å².